The zero-order valence-electron chi connectivity index (χ0n) is 12.4. The molecule has 0 aromatic heterocycles. The molecule has 2 atom stereocenters. The van der Waals surface area contributed by atoms with Crippen LogP contribution in [0.15, 0.2) is 48.5 Å². The van der Waals surface area contributed by atoms with Gasteiger partial charge in [-0.2, -0.15) is 0 Å². The summed E-state index contributed by atoms with van der Waals surface area (Å²) in [5.74, 6) is -0.199. The zero-order chi connectivity index (χ0) is 15.2. The molecular formula is C18H21ClFN. The highest BCUT2D eigenvalue weighted by molar-refractivity contribution is 6.30. The summed E-state index contributed by atoms with van der Waals surface area (Å²) in [6.07, 6.45) is 1.92. The Labute approximate surface area is 131 Å². The maximum atomic E-state index is 13.1. The number of benzene rings is 2. The molecule has 2 unspecified atom stereocenters. The molecule has 0 spiro atoms. The quantitative estimate of drug-likeness (QED) is 0.725. The number of hydrogen-bond acceptors (Lipinski definition) is 1. The molecule has 21 heavy (non-hydrogen) atoms. The Morgan fingerprint density at radius 3 is 2.14 bits per heavy atom. The summed E-state index contributed by atoms with van der Waals surface area (Å²) >= 11 is 6.08. The van der Waals surface area contributed by atoms with Gasteiger partial charge in [-0.25, -0.2) is 4.39 Å². The second-order valence-electron chi connectivity index (χ2n) is 5.19. The van der Waals surface area contributed by atoms with E-state index in [0.717, 1.165) is 23.4 Å². The van der Waals surface area contributed by atoms with Gasteiger partial charge in [-0.1, -0.05) is 49.7 Å². The minimum atomic E-state index is -0.199. The van der Waals surface area contributed by atoms with Crippen molar-refractivity contribution in [3.63, 3.8) is 0 Å². The highest BCUT2D eigenvalue weighted by atomic mass is 35.5. The van der Waals surface area contributed by atoms with Crippen molar-refractivity contribution in [3.05, 3.63) is 70.5 Å². The first-order valence-corrected chi connectivity index (χ1v) is 7.78. The molecule has 0 bridgehead atoms. The van der Waals surface area contributed by atoms with E-state index in [-0.39, 0.29) is 17.9 Å². The van der Waals surface area contributed by atoms with Crippen molar-refractivity contribution in [2.45, 2.75) is 38.8 Å². The van der Waals surface area contributed by atoms with Gasteiger partial charge < -0.3 is 5.32 Å². The fourth-order valence-corrected chi connectivity index (χ4v) is 2.76. The van der Waals surface area contributed by atoms with Gasteiger partial charge in [0.15, 0.2) is 0 Å². The SMILES string of the molecule is CCC(NC(CC)c1cccc(Cl)c1)c1ccc(F)cc1. The Bertz CT molecular complexity index is 568. The van der Waals surface area contributed by atoms with Crippen LogP contribution in [0.1, 0.15) is 49.9 Å². The van der Waals surface area contributed by atoms with Gasteiger partial charge in [-0.3, -0.25) is 0 Å². The highest BCUT2D eigenvalue weighted by Crippen LogP contribution is 2.26. The predicted molar refractivity (Wildman–Crippen MR) is 87.1 cm³/mol. The Kier molecular flexibility index (Phi) is 5.77. The van der Waals surface area contributed by atoms with Crippen molar-refractivity contribution in [2.24, 2.45) is 0 Å². The molecule has 0 fully saturated rings. The molecule has 112 valence electrons. The molecule has 3 heteroatoms. The second kappa shape index (κ2) is 7.58. The first-order valence-electron chi connectivity index (χ1n) is 7.41. The van der Waals surface area contributed by atoms with Crippen molar-refractivity contribution < 1.29 is 4.39 Å². The lowest BCUT2D eigenvalue weighted by atomic mass is 9.99. The molecule has 0 saturated heterocycles. The molecule has 0 aliphatic carbocycles. The topological polar surface area (TPSA) is 12.0 Å². The lowest BCUT2D eigenvalue weighted by Crippen LogP contribution is -2.25. The van der Waals surface area contributed by atoms with Gasteiger partial charge in [0.2, 0.25) is 0 Å². The van der Waals surface area contributed by atoms with Crippen LogP contribution in [0.2, 0.25) is 5.02 Å². The van der Waals surface area contributed by atoms with Crippen LogP contribution in [0.25, 0.3) is 0 Å². The van der Waals surface area contributed by atoms with Crippen LogP contribution in [-0.2, 0) is 0 Å². The Balaban J connectivity index is 2.17. The van der Waals surface area contributed by atoms with Crippen LogP contribution in [0, 0.1) is 5.82 Å². The normalized spacial score (nSPS) is 13.9. The average molecular weight is 306 g/mol. The van der Waals surface area contributed by atoms with Gasteiger partial charge in [0.05, 0.1) is 0 Å². The molecule has 0 amide bonds. The lowest BCUT2D eigenvalue weighted by Gasteiger charge is -2.25. The van der Waals surface area contributed by atoms with Crippen LogP contribution in [0.5, 0.6) is 0 Å². The van der Waals surface area contributed by atoms with Crippen molar-refractivity contribution in [2.75, 3.05) is 0 Å². The molecule has 2 rings (SSSR count). The fourth-order valence-electron chi connectivity index (χ4n) is 2.56. The van der Waals surface area contributed by atoms with E-state index < -0.39 is 0 Å². The molecule has 0 aliphatic heterocycles. The van der Waals surface area contributed by atoms with Gasteiger partial charge in [0, 0.05) is 17.1 Å². The van der Waals surface area contributed by atoms with Crippen LogP contribution < -0.4 is 5.32 Å². The largest absolute Gasteiger partial charge is 0.303 e. The monoisotopic (exact) mass is 305 g/mol. The highest BCUT2D eigenvalue weighted by Gasteiger charge is 2.16. The van der Waals surface area contributed by atoms with Crippen LogP contribution in [0.4, 0.5) is 4.39 Å². The van der Waals surface area contributed by atoms with E-state index in [2.05, 4.69) is 25.2 Å². The molecule has 0 radical (unpaired) electrons. The summed E-state index contributed by atoms with van der Waals surface area (Å²) in [4.78, 5) is 0. The van der Waals surface area contributed by atoms with Gasteiger partial charge in [0.25, 0.3) is 0 Å². The average Bonchev–Trinajstić information content (AvgIpc) is 2.50. The maximum absolute atomic E-state index is 13.1. The summed E-state index contributed by atoms with van der Waals surface area (Å²) in [5.41, 5.74) is 2.30. The fraction of sp³-hybridized carbons (Fsp3) is 0.333. The van der Waals surface area contributed by atoms with Crippen molar-refractivity contribution in [3.8, 4) is 0 Å². The summed E-state index contributed by atoms with van der Waals surface area (Å²) in [6, 6.07) is 15.1. The Morgan fingerprint density at radius 1 is 0.952 bits per heavy atom. The summed E-state index contributed by atoms with van der Waals surface area (Å²) < 4.78 is 13.1. The van der Waals surface area contributed by atoms with E-state index >= 15 is 0 Å². The van der Waals surface area contributed by atoms with Crippen LogP contribution >= 0.6 is 11.6 Å². The molecular weight excluding hydrogens is 285 g/mol. The van der Waals surface area contributed by atoms with E-state index in [4.69, 9.17) is 11.6 Å². The molecule has 0 aliphatic rings. The maximum Gasteiger partial charge on any atom is 0.123 e. The number of rotatable bonds is 6. The standard InChI is InChI=1S/C18H21ClFN/c1-3-17(13-8-10-16(20)11-9-13)21-18(4-2)14-6-5-7-15(19)12-14/h5-12,17-18,21H,3-4H2,1-2H3. The van der Waals surface area contributed by atoms with Gasteiger partial charge in [0.1, 0.15) is 5.82 Å². The minimum Gasteiger partial charge on any atom is -0.303 e. The third-order valence-corrected chi connectivity index (χ3v) is 3.98. The van der Waals surface area contributed by atoms with Gasteiger partial charge in [-0.15, -0.1) is 0 Å². The number of nitrogens with one attached hydrogen (secondary N) is 1. The third-order valence-electron chi connectivity index (χ3n) is 3.74. The summed E-state index contributed by atoms with van der Waals surface area (Å²) in [7, 11) is 0. The third kappa shape index (κ3) is 4.29. The molecule has 0 heterocycles. The molecule has 1 N–H and O–H groups in total. The zero-order valence-corrected chi connectivity index (χ0v) is 13.2. The summed E-state index contributed by atoms with van der Waals surface area (Å²) in [5, 5.41) is 4.40. The van der Waals surface area contributed by atoms with Crippen LogP contribution in [0.3, 0.4) is 0 Å². The Morgan fingerprint density at radius 2 is 1.57 bits per heavy atom. The van der Waals surface area contributed by atoms with E-state index in [9.17, 15) is 4.39 Å². The van der Waals surface area contributed by atoms with E-state index in [0.29, 0.717) is 0 Å². The van der Waals surface area contributed by atoms with Crippen LogP contribution in [-0.4, -0.2) is 0 Å². The van der Waals surface area contributed by atoms with Crippen molar-refractivity contribution in [1.29, 1.82) is 0 Å². The first-order chi connectivity index (χ1) is 10.1. The van der Waals surface area contributed by atoms with E-state index in [1.807, 2.05) is 30.3 Å². The number of halogens is 2. The smallest absolute Gasteiger partial charge is 0.123 e. The predicted octanol–water partition coefficient (Wildman–Crippen LogP) is 5.67. The van der Waals surface area contributed by atoms with Gasteiger partial charge in [-0.05, 0) is 48.2 Å². The molecule has 2 aromatic carbocycles. The van der Waals surface area contributed by atoms with E-state index in [1.165, 1.54) is 17.7 Å². The lowest BCUT2D eigenvalue weighted by molar-refractivity contribution is 0.425. The Hall–Kier alpha value is -1.38. The molecule has 2 aromatic rings. The molecule has 0 saturated carbocycles. The van der Waals surface area contributed by atoms with Crippen molar-refractivity contribution >= 4 is 11.6 Å². The van der Waals surface area contributed by atoms with Gasteiger partial charge >= 0.3 is 0 Å². The molecule has 1 nitrogen and oxygen atoms in total. The summed E-state index contributed by atoms with van der Waals surface area (Å²) in [6.45, 7) is 4.28. The number of hydrogen-bond donors (Lipinski definition) is 1. The first kappa shape index (κ1) is 16.0. The van der Waals surface area contributed by atoms with E-state index in [1.54, 1.807) is 0 Å². The second-order valence-corrected chi connectivity index (χ2v) is 5.63. The van der Waals surface area contributed by atoms with Crippen molar-refractivity contribution in [1.82, 2.24) is 5.32 Å². The minimum absolute atomic E-state index is 0.199.